The molecule has 104 valence electrons. The number of carbonyl (C=O) groups is 1. The van der Waals surface area contributed by atoms with E-state index >= 15 is 0 Å². The summed E-state index contributed by atoms with van der Waals surface area (Å²) in [6.07, 6.45) is 3.65. The zero-order valence-corrected chi connectivity index (χ0v) is 11.7. The van der Waals surface area contributed by atoms with Crippen LogP contribution in [-0.4, -0.2) is 18.5 Å². The third kappa shape index (κ3) is 3.19. The predicted molar refractivity (Wildman–Crippen MR) is 79.3 cm³/mol. The molecule has 2 atom stereocenters. The zero-order chi connectivity index (χ0) is 13.8. The maximum Gasteiger partial charge on any atom is 0.253 e. The number of amides is 1. The molecule has 0 spiro atoms. The lowest BCUT2D eigenvalue weighted by Gasteiger charge is -2.21. The normalized spacial score (nSPS) is 22.2. The molecule has 2 unspecified atom stereocenters. The minimum absolute atomic E-state index is 0.0457. The third-order valence-electron chi connectivity index (χ3n) is 3.83. The highest BCUT2D eigenvalue weighted by atomic mass is 16.1. The van der Waals surface area contributed by atoms with Crippen LogP contribution in [0.2, 0.25) is 0 Å². The zero-order valence-electron chi connectivity index (χ0n) is 11.7. The number of nitrogens with two attached hydrogens (primary N) is 1. The van der Waals surface area contributed by atoms with Crippen molar-refractivity contribution >= 4 is 17.3 Å². The van der Waals surface area contributed by atoms with E-state index in [1.165, 1.54) is 12.8 Å². The van der Waals surface area contributed by atoms with Crippen LogP contribution in [-0.2, 0) is 0 Å². The van der Waals surface area contributed by atoms with Crippen molar-refractivity contribution in [1.29, 1.82) is 0 Å². The molecular formula is C15H23N3O. The Labute approximate surface area is 114 Å². The first-order valence-electron chi connectivity index (χ1n) is 7.06. The van der Waals surface area contributed by atoms with Crippen molar-refractivity contribution in [2.24, 2.45) is 5.92 Å². The SMILES string of the molecule is CCNC(=O)c1ccc(N)cc1NC1CCCC1C. The molecule has 1 saturated carbocycles. The lowest BCUT2D eigenvalue weighted by Crippen LogP contribution is -2.27. The van der Waals surface area contributed by atoms with E-state index in [0.29, 0.717) is 29.8 Å². The largest absolute Gasteiger partial charge is 0.399 e. The molecule has 0 bridgehead atoms. The van der Waals surface area contributed by atoms with Gasteiger partial charge in [0.2, 0.25) is 0 Å². The van der Waals surface area contributed by atoms with Crippen LogP contribution in [0.25, 0.3) is 0 Å². The van der Waals surface area contributed by atoms with Gasteiger partial charge in [-0.3, -0.25) is 4.79 Å². The molecule has 2 rings (SSSR count). The van der Waals surface area contributed by atoms with E-state index in [2.05, 4.69) is 17.6 Å². The van der Waals surface area contributed by atoms with Crippen LogP contribution in [0.4, 0.5) is 11.4 Å². The van der Waals surface area contributed by atoms with Crippen molar-refractivity contribution in [2.75, 3.05) is 17.6 Å². The molecule has 0 heterocycles. The standard InChI is InChI=1S/C15H23N3O/c1-3-17-15(19)12-8-7-11(16)9-14(12)18-13-6-4-5-10(13)2/h7-10,13,18H,3-6,16H2,1-2H3,(H,17,19). The summed E-state index contributed by atoms with van der Waals surface area (Å²) in [7, 11) is 0. The maximum atomic E-state index is 12.0. The number of anilines is 2. The first-order valence-corrected chi connectivity index (χ1v) is 7.06. The summed E-state index contributed by atoms with van der Waals surface area (Å²) in [4.78, 5) is 12.0. The molecule has 1 aromatic carbocycles. The van der Waals surface area contributed by atoms with Gasteiger partial charge in [0.25, 0.3) is 5.91 Å². The van der Waals surface area contributed by atoms with E-state index in [4.69, 9.17) is 5.73 Å². The Morgan fingerprint density at radius 3 is 2.84 bits per heavy atom. The van der Waals surface area contributed by atoms with Crippen LogP contribution < -0.4 is 16.4 Å². The smallest absolute Gasteiger partial charge is 0.253 e. The van der Waals surface area contributed by atoms with Crippen molar-refractivity contribution in [2.45, 2.75) is 39.2 Å². The van der Waals surface area contributed by atoms with Gasteiger partial charge in [-0.15, -0.1) is 0 Å². The molecule has 1 aliphatic rings. The molecule has 1 amide bonds. The van der Waals surface area contributed by atoms with Crippen molar-refractivity contribution in [3.05, 3.63) is 23.8 Å². The molecule has 4 N–H and O–H groups in total. The van der Waals surface area contributed by atoms with E-state index in [0.717, 1.165) is 12.1 Å². The number of rotatable bonds is 4. The van der Waals surface area contributed by atoms with Crippen LogP contribution >= 0.6 is 0 Å². The quantitative estimate of drug-likeness (QED) is 0.730. The number of hydrogen-bond acceptors (Lipinski definition) is 3. The molecule has 0 aliphatic heterocycles. The average Bonchev–Trinajstić information content (AvgIpc) is 2.75. The monoisotopic (exact) mass is 261 g/mol. The second-order valence-electron chi connectivity index (χ2n) is 5.32. The molecule has 4 nitrogen and oxygen atoms in total. The molecule has 0 aromatic heterocycles. The molecule has 0 radical (unpaired) electrons. The van der Waals surface area contributed by atoms with Gasteiger partial charge in [-0.1, -0.05) is 13.3 Å². The molecule has 1 aromatic rings. The van der Waals surface area contributed by atoms with Gasteiger partial charge in [-0.2, -0.15) is 0 Å². The van der Waals surface area contributed by atoms with Crippen molar-refractivity contribution in [3.63, 3.8) is 0 Å². The lowest BCUT2D eigenvalue weighted by atomic mass is 10.0. The summed E-state index contributed by atoms with van der Waals surface area (Å²) >= 11 is 0. The second kappa shape index (κ2) is 5.95. The van der Waals surface area contributed by atoms with Crippen molar-refractivity contribution in [3.8, 4) is 0 Å². The van der Waals surface area contributed by atoms with Gasteiger partial charge < -0.3 is 16.4 Å². The van der Waals surface area contributed by atoms with Crippen LogP contribution in [0, 0.1) is 5.92 Å². The van der Waals surface area contributed by atoms with E-state index in [-0.39, 0.29) is 5.91 Å². The van der Waals surface area contributed by atoms with Crippen LogP contribution in [0.1, 0.15) is 43.5 Å². The Balaban J connectivity index is 2.21. The van der Waals surface area contributed by atoms with Gasteiger partial charge in [0.15, 0.2) is 0 Å². The first kappa shape index (κ1) is 13.7. The fourth-order valence-electron chi connectivity index (χ4n) is 2.69. The number of nitrogen functional groups attached to an aromatic ring is 1. The molecule has 19 heavy (non-hydrogen) atoms. The average molecular weight is 261 g/mol. The van der Waals surface area contributed by atoms with E-state index in [9.17, 15) is 4.79 Å². The minimum Gasteiger partial charge on any atom is -0.399 e. The molecule has 0 saturated heterocycles. The highest BCUT2D eigenvalue weighted by Gasteiger charge is 2.24. The fraction of sp³-hybridized carbons (Fsp3) is 0.533. The van der Waals surface area contributed by atoms with Gasteiger partial charge in [0, 0.05) is 24.0 Å². The number of benzene rings is 1. The summed E-state index contributed by atoms with van der Waals surface area (Å²) in [6, 6.07) is 5.86. The van der Waals surface area contributed by atoms with Gasteiger partial charge in [0.05, 0.1) is 5.56 Å². The van der Waals surface area contributed by atoms with Gasteiger partial charge in [-0.05, 0) is 43.9 Å². The predicted octanol–water partition coefficient (Wildman–Crippen LogP) is 2.62. The highest BCUT2D eigenvalue weighted by molar-refractivity contribution is 6.00. The van der Waals surface area contributed by atoms with Gasteiger partial charge in [-0.25, -0.2) is 0 Å². The Hall–Kier alpha value is -1.71. The molecule has 1 fully saturated rings. The Morgan fingerprint density at radius 2 is 2.21 bits per heavy atom. The molecule has 1 aliphatic carbocycles. The summed E-state index contributed by atoms with van der Waals surface area (Å²) in [5, 5.41) is 6.34. The van der Waals surface area contributed by atoms with Gasteiger partial charge >= 0.3 is 0 Å². The molecular weight excluding hydrogens is 238 g/mol. The number of hydrogen-bond donors (Lipinski definition) is 3. The molecule has 4 heteroatoms. The number of carbonyl (C=O) groups excluding carboxylic acids is 1. The van der Waals surface area contributed by atoms with Crippen LogP contribution in [0.3, 0.4) is 0 Å². The van der Waals surface area contributed by atoms with Crippen molar-refractivity contribution < 1.29 is 4.79 Å². The third-order valence-corrected chi connectivity index (χ3v) is 3.83. The Bertz CT molecular complexity index is 459. The lowest BCUT2D eigenvalue weighted by molar-refractivity contribution is 0.0956. The first-order chi connectivity index (χ1) is 9.11. The van der Waals surface area contributed by atoms with Crippen molar-refractivity contribution in [1.82, 2.24) is 5.32 Å². The number of nitrogens with one attached hydrogen (secondary N) is 2. The summed E-state index contributed by atoms with van der Waals surface area (Å²) in [5.74, 6) is 0.596. The van der Waals surface area contributed by atoms with E-state index < -0.39 is 0 Å². The topological polar surface area (TPSA) is 67.2 Å². The van der Waals surface area contributed by atoms with Crippen LogP contribution in [0.5, 0.6) is 0 Å². The maximum absolute atomic E-state index is 12.0. The minimum atomic E-state index is -0.0457. The van der Waals surface area contributed by atoms with Crippen LogP contribution in [0.15, 0.2) is 18.2 Å². The Morgan fingerprint density at radius 1 is 1.42 bits per heavy atom. The summed E-state index contributed by atoms with van der Waals surface area (Å²) < 4.78 is 0. The second-order valence-corrected chi connectivity index (χ2v) is 5.32. The Kier molecular flexibility index (Phi) is 4.30. The van der Waals surface area contributed by atoms with E-state index in [1.54, 1.807) is 12.1 Å². The summed E-state index contributed by atoms with van der Waals surface area (Å²) in [6.45, 7) is 4.80. The van der Waals surface area contributed by atoms with E-state index in [1.807, 2.05) is 13.0 Å². The fourth-order valence-corrected chi connectivity index (χ4v) is 2.69. The summed E-state index contributed by atoms with van der Waals surface area (Å²) in [5.41, 5.74) is 8.05. The van der Waals surface area contributed by atoms with Gasteiger partial charge in [0.1, 0.15) is 0 Å². The highest BCUT2D eigenvalue weighted by Crippen LogP contribution is 2.30.